The van der Waals surface area contributed by atoms with Crippen LogP contribution in [0.5, 0.6) is 0 Å². The van der Waals surface area contributed by atoms with Crippen LogP contribution in [0.4, 0.5) is 5.69 Å². The predicted molar refractivity (Wildman–Crippen MR) is 76.3 cm³/mol. The molecule has 0 bridgehead atoms. The number of pyridine rings is 1. The molecule has 0 amide bonds. The summed E-state index contributed by atoms with van der Waals surface area (Å²) in [4.78, 5) is 4.43. The zero-order chi connectivity index (χ0) is 12.4. The molecule has 0 aliphatic heterocycles. The van der Waals surface area contributed by atoms with Crippen molar-refractivity contribution in [1.29, 1.82) is 0 Å². The van der Waals surface area contributed by atoms with E-state index in [1.807, 2.05) is 6.07 Å². The minimum Gasteiger partial charge on any atom is -0.381 e. The Morgan fingerprint density at radius 3 is 2.65 bits per heavy atom. The minimum absolute atomic E-state index is 0.614. The van der Waals surface area contributed by atoms with E-state index in [2.05, 4.69) is 53.1 Å². The van der Waals surface area contributed by atoms with Crippen molar-refractivity contribution in [1.82, 2.24) is 4.98 Å². The maximum absolute atomic E-state index is 4.43. The first-order valence-electron chi connectivity index (χ1n) is 6.46. The molecule has 2 rings (SSSR count). The number of rotatable bonds is 2. The molecule has 0 radical (unpaired) electrons. The maximum atomic E-state index is 4.43. The summed E-state index contributed by atoms with van der Waals surface area (Å²) < 4.78 is 0.909. The molecule has 1 aromatic heterocycles. The van der Waals surface area contributed by atoms with Gasteiger partial charge in [0.15, 0.2) is 0 Å². The molecule has 1 fully saturated rings. The summed E-state index contributed by atoms with van der Waals surface area (Å²) in [6.07, 6.45) is 3.89. The van der Waals surface area contributed by atoms with Crippen molar-refractivity contribution >= 4 is 21.6 Å². The predicted octanol–water partition coefficient (Wildman–Crippen LogP) is 4.39. The van der Waals surface area contributed by atoms with E-state index in [0.29, 0.717) is 6.04 Å². The monoisotopic (exact) mass is 296 g/mol. The summed E-state index contributed by atoms with van der Waals surface area (Å²) in [5, 5.41) is 3.64. The Labute approximate surface area is 112 Å². The molecule has 1 aliphatic rings. The molecule has 94 valence electrons. The van der Waals surface area contributed by atoms with Crippen molar-refractivity contribution < 1.29 is 0 Å². The SMILES string of the molecule is Cc1nc(Br)ccc1NC1CCC(C)C(C)C1. The summed E-state index contributed by atoms with van der Waals surface area (Å²) in [5.74, 6) is 1.70. The lowest BCUT2D eigenvalue weighted by Gasteiger charge is -2.33. The number of nitrogens with one attached hydrogen (secondary N) is 1. The van der Waals surface area contributed by atoms with Crippen LogP contribution in [0, 0.1) is 18.8 Å². The number of hydrogen-bond donors (Lipinski definition) is 1. The lowest BCUT2D eigenvalue weighted by molar-refractivity contribution is 0.261. The second-order valence-corrected chi connectivity index (χ2v) is 6.19. The zero-order valence-corrected chi connectivity index (χ0v) is 12.4. The normalized spacial score (nSPS) is 29.1. The Bertz CT molecular complexity index is 392. The Morgan fingerprint density at radius 1 is 1.24 bits per heavy atom. The molecule has 17 heavy (non-hydrogen) atoms. The van der Waals surface area contributed by atoms with Gasteiger partial charge in [0.25, 0.3) is 0 Å². The second kappa shape index (κ2) is 5.38. The van der Waals surface area contributed by atoms with Crippen molar-refractivity contribution in [3.63, 3.8) is 0 Å². The number of hydrogen-bond acceptors (Lipinski definition) is 2. The van der Waals surface area contributed by atoms with Crippen molar-refractivity contribution in [2.24, 2.45) is 11.8 Å². The Balaban J connectivity index is 2.01. The van der Waals surface area contributed by atoms with Gasteiger partial charge in [-0.1, -0.05) is 13.8 Å². The van der Waals surface area contributed by atoms with E-state index in [9.17, 15) is 0 Å². The highest BCUT2D eigenvalue weighted by molar-refractivity contribution is 9.10. The molecule has 1 aromatic rings. The Hall–Kier alpha value is -0.570. The molecular weight excluding hydrogens is 276 g/mol. The van der Waals surface area contributed by atoms with Crippen molar-refractivity contribution in [3.05, 3.63) is 22.4 Å². The first-order valence-corrected chi connectivity index (χ1v) is 7.25. The van der Waals surface area contributed by atoms with Gasteiger partial charge in [-0.25, -0.2) is 4.98 Å². The first-order chi connectivity index (χ1) is 8.06. The smallest absolute Gasteiger partial charge is 0.106 e. The molecule has 0 saturated heterocycles. The van der Waals surface area contributed by atoms with Gasteiger partial charge in [0.2, 0.25) is 0 Å². The fourth-order valence-corrected chi connectivity index (χ4v) is 2.98. The van der Waals surface area contributed by atoms with Crippen molar-refractivity contribution in [2.75, 3.05) is 5.32 Å². The van der Waals surface area contributed by atoms with Crippen LogP contribution in [0.1, 0.15) is 38.8 Å². The van der Waals surface area contributed by atoms with E-state index in [4.69, 9.17) is 0 Å². The van der Waals surface area contributed by atoms with Crippen molar-refractivity contribution in [2.45, 2.75) is 46.1 Å². The Kier molecular flexibility index (Phi) is 4.08. The van der Waals surface area contributed by atoms with Crippen molar-refractivity contribution in [3.8, 4) is 0 Å². The molecule has 3 atom stereocenters. The lowest BCUT2D eigenvalue weighted by atomic mass is 9.79. The van der Waals surface area contributed by atoms with Crippen LogP contribution in [0.25, 0.3) is 0 Å². The highest BCUT2D eigenvalue weighted by Crippen LogP contribution is 2.31. The number of halogens is 1. The van der Waals surface area contributed by atoms with E-state index in [-0.39, 0.29) is 0 Å². The molecule has 2 nitrogen and oxygen atoms in total. The molecule has 0 aromatic carbocycles. The minimum atomic E-state index is 0.614. The number of nitrogens with zero attached hydrogens (tertiary/aromatic N) is 1. The van der Waals surface area contributed by atoms with E-state index >= 15 is 0 Å². The zero-order valence-electron chi connectivity index (χ0n) is 10.8. The molecule has 1 saturated carbocycles. The molecule has 1 N–H and O–H groups in total. The van der Waals surface area contributed by atoms with Gasteiger partial charge in [0.05, 0.1) is 11.4 Å². The van der Waals surface area contributed by atoms with Crippen LogP contribution in [0.2, 0.25) is 0 Å². The van der Waals surface area contributed by atoms with Crippen LogP contribution in [0.3, 0.4) is 0 Å². The van der Waals surface area contributed by atoms with Gasteiger partial charge < -0.3 is 5.32 Å². The molecule has 1 aliphatic carbocycles. The highest BCUT2D eigenvalue weighted by Gasteiger charge is 2.24. The summed E-state index contributed by atoms with van der Waals surface area (Å²) in [5.41, 5.74) is 2.26. The van der Waals surface area contributed by atoms with Crippen LogP contribution >= 0.6 is 15.9 Å². The van der Waals surface area contributed by atoms with Gasteiger partial charge in [-0.15, -0.1) is 0 Å². The van der Waals surface area contributed by atoms with E-state index in [1.165, 1.54) is 24.9 Å². The van der Waals surface area contributed by atoms with Crippen LogP contribution in [-0.2, 0) is 0 Å². The topological polar surface area (TPSA) is 24.9 Å². The second-order valence-electron chi connectivity index (χ2n) is 5.38. The fourth-order valence-electron chi connectivity index (χ4n) is 2.58. The number of aryl methyl sites for hydroxylation is 1. The van der Waals surface area contributed by atoms with Gasteiger partial charge >= 0.3 is 0 Å². The third-order valence-electron chi connectivity index (χ3n) is 4.01. The van der Waals surface area contributed by atoms with E-state index < -0.39 is 0 Å². The van der Waals surface area contributed by atoms with Gasteiger partial charge in [0.1, 0.15) is 4.60 Å². The standard InChI is InChI=1S/C14H21BrN2/c1-9-4-5-12(8-10(9)2)17-13-6-7-14(15)16-11(13)3/h6-7,9-10,12,17H,4-5,8H2,1-3H3. The average Bonchev–Trinajstić information content (AvgIpc) is 2.27. The van der Waals surface area contributed by atoms with Crippen LogP contribution in [-0.4, -0.2) is 11.0 Å². The first kappa shape index (κ1) is 12.9. The molecular formula is C14H21BrN2. The van der Waals surface area contributed by atoms with Gasteiger partial charge in [0, 0.05) is 6.04 Å². The van der Waals surface area contributed by atoms with Crippen LogP contribution in [0.15, 0.2) is 16.7 Å². The quantitative estimate of drug-likeness (QED) is 0.819. The fraction of sp³-hybridized carbons (Fsp3) is 0.643. The van der Waals surface area contributed by atoms with Gasteiger partial charge in [-0.05, 0) is 66.1 Å². The van der Waals surface area contributed by atoms with E-state index in [1.54, 1.807) is 0 Å². The maximum Gasteiger partial charge on any atom is 0.106 e. The number of aromatic nitrogens is 1. The molecule has 3 unspecified atom stereocenters. The summed E-state index contributed by atoms with van der Waals surface area (Å²) >= 11 is 3.40. The third-order valence-corrected chi connectivity index (χ3v) is 4.45. The summed E-state index contributed by atoms with van der Waals surface area (Å²) in [6, 6.07) is 4.74. The van der Waals surface area contributed by atoms with Gasteiger partial charge in [-0.2, -0.15) is 0 Å². The largest absolute Gasteiger partial charge is 0.381 e. The Morgan fingerprint density at radius 2 is 2.00 bits per heavy atom. The average molecular weight is 297 g/mol. The van der Waals surface area contributed by atoms with Crippen LogP contribution < -0.4 is 5.32 Å². The molecule has 0 spiro atoms. The van der Waals surface area contributed by atoms with E-state index in [0.717, 1.165) is 22.1 Å². The molecule has 1 heterocycles. The highest BCUT2D eigenvalue weighted by atomic mass is 79.9. The summed E-state index contributed by atoms with van der Waals surface area (Å²) in [7, 11) is 0. The third kappa shape index (κ3) is 3.21. The van der Waals surface area contributed by atoms with Gasteiger partial charge in [-0.3, -0.25) is 0 Å². The molecule has 3 heteroatoms. The lowest BCUT2D eigenvalue weighted by Crippen LogP contribution is -2.30. The number of anilines is 1. The summed E-state index contributed by atoms with van der Waals surface area (Å²) in [6.45, 7) is 6.79.